The fraction of sp³-hybridized carbons (Fsp3) is 0.900. The van der Waals surface area contributed by atoms with Gasteiger partial charge in [0.05, 0.1) is 0 Å². The third-order valence-electron chi connectivity index (χ3n) is 2.99. The summed E-state index contributed by atoms with van der Waals surface area (Å²) in [6.45, 7) is 4.17. The number of ether oxygens (including phenoxy) is 1. The number of carbonyl (C=O) groups excluding carboxylic acids is 1. The highest BCUT2D eigenvalue weighted by Crippen LogP contribution is 2.16. The molecule has 0 aliphatic carbocycles. The van der Waals surface area contributed by atoms with Gasteiger partial charge in [0.15, 0.2) is 0 Å². The summed E-state index contributed by atoms with van der Waals surface area (Å²) in [5, 5.41) is 0. The number of carbonyl (C=O) groups is 1. The molecule has 5 heteroatoms. The average Bonchev–Trinajstić information content (AvgIpc) is 2.67. The van der Waals surface area contributed by atoms with Gasteiger partial charge in [0.25, 0.3) is 5.91 Å². The number of rotatable bonds is 1. The monoisotopic (exact) mass is 230 g/mol. The van der Waals surface area contributed by atoms with Crippen LogP contribution in [0, 0.1) is 0 Å². The predicted octanol–water partition coefficient (Wildman–Crippen LogP) is 0.545. The average molecular weight is 230 g/mol. The normalized spacial score (nSPS) is 29.1. The van der Waals surface area contributed by atoms with Gasteiger partial charge in [0, 0.05) is 32.8 Å². The Bertz CT molecular complexity index is 231. The van der Waals surface area contributed by atoms with Crippen LogP contribution in [0.1, 0.15) is 19.3 Å². The number of hydrogen-bond acceptors (Lipinski definition) is 4. The van der Waals surface area contributed by atoms with Gasteiger partial charge in [-0.15, -0.1) is 0 Å². The Kier molecular flexibility index (Phi) is 3.88. The molecule has 0 N–H and O–H groups in total. The number of hydrogen-bond donors (Lipinski definition) is 1. The van der Waals surface area contributed by atoms with Crippen LogP contribution in [0.25, 0.3) is 0 Å². The van der Waals surface area contributed by atoms with Crippen LogP contribution in [0.4, 0.5) is 0 Å². The van der Waals surface area contributed by atoms with E-state index in [-0.39, 0.29) is 12.0 Å². The highest BCUT2D eigenvalue weighted by atomic mass is 32.1. The van der Waals surface area contributed by atoms with E-state index in [0.29, 0.717) is 0 Å². The quantitative estimate of drug-likeness (QED) is 0.668. The highest BCUT2D eigenvalue weighted by Gasteiger charge is 2.28. The Morgan fingerprint density at radius 3 is 2.80 bits per heavy atom. The molecule has 0 aromatic heterocycles. The summed E-state index contributed by atoms with van der Waals surface area (Å²) in [4.78, 5) is 13.9. The number of amides is 1. The maximum atomic E-state index is 12.0. The Morgan fingerprint density at radius 1 is 1.20 bits per heavy atom. The van der Waals surface area contributed by atoms with Gasteiger partial charge in [0.1, 0.15) is 6.10 Å². The topological polar surface area (TPSA) is 32.8 Å². The Labute approximate surface area is 96.1 Å². The Balaban J connectivity index is 1.88. The molecule has 2 heterocycles. The third kappa shape index (κ3) is 2.86. The molecule has 0 bridgehead atoms. The second-order valence-corrected chi connectivity index (χ2v) is 4.70. The molecule has 0 aromatic rings. The maximum Gasteiger partial charge on any atom is 0.251 e. The summed E-state index contributed by atoms with van der Waals surface area (Å²) < 4.78 is 7.39. The molecule has 1 amide bonds. The first-order valence-corrected chi connectivity index (χ1v) is 6.01. The van der Waals surface area contributed by atoms with Crippen LogP contribution in [0.3, 0.4) is 0 Å². The Hall–Kier alpha value is -0.260. The molecule has 4 nitrogen and oxygen atoms in total. The molecule has 0 aromatic carbocycles. The van der Waals surface area contributed by atoms with Crippen molar-refractivity contribution in [1.29, 1.82) is 0 Å². The summed E-state index contributed by atoms with van der Waals surface area (Å²) in [6, 6.07) is 0. The van der Waals surface area contributed by atoms with Crippen molar-refractivity contribution in [3.8, 4) is 0 Å². The van der Waals surface area contributed by atoms with Gasteiger partial charge in [-0.05, 0) is 19.3 Å². The largest absolute Gasteiger partial charge is 0.368 e. The molecule has 2 saturated heterocycles. The van der Waals surface area contributed by atoms with Crippen LogP contribution >= 0.6 is 12.8 Å². The minimum atomic E-state index is -0.170. The van der Waals surface area contributed by atoms with Gasteiger partial charge in [-0.1, -0.05) is 12.8 Å². The van der Waals surface area contributed by atoms with E-state index in [1.165, 1.54) is 0 Å². The molecule has 2 fully saturated rings. The smallest absolute Gasteiger partial charge is 0.251 e. The number of thiol groups is 1. The van der Waals surface area contributed by atoms with Crippen molar-refractivity contribution >= 4 is 18.7 Å². The van der Waals surface area contributed by atoms with E-state index in [0.717, 1.165) is 52.0 Å². The lowest BCUT2D eigenvalue weighted by molar-refractivity contribution is -0.140. The predicted molar refractivity (Wildman–Crippen MR) is 60.7 cm³/mol. The minimum absolute atomic E-state index is 0.170. The van der Waals surface area contributed by atoms with E-state index in [9.17, 15) is 4.79 Å². The molecular weight excluding hydrogens is 212 g/mol. The van der Waals surface area contributed by atoms with Crippen molar-refractivity contribution in [2.24, 2.45) is 0 Å². The maximum absolute atomic E-state index is 12.0. The van der Waals surface area contributed by atoms with Crippen molar-refractivity contribution in [3.05, 3.63) is 0 Å². The molecule has 2 rings (SSSR count). The summed E-state index contributed by atoms with van der Waals surface area (Å²) >= 11 is 4.31. The van der Waals surface area contributed by atoms with Crippen molar-refractivity contribution in [2.45, 2.75) is 25.4 Å². The molecular formula is C10H18N2O2S. The minimum Gasteiger partial charge on any atom is -0.368 e. The van der Waals surface area contributed by atoms with Gasteiger partial charge >= 0.3 is 0 Å². The zero-order valence-electron chi connectivity index (χ0n) is 8.89. The first-order valence-electron chi connectivity index (χ1n) is 5.61. The lowest BCUT2D eigenvalue weighted by Crippen LogP contribution is -2.40. The Morgan fingerprint density at radius 2 is 2.07 bits per heavy atom. The van der Waals surface area contributed by atoms with Crippen LogP contribution in [0.2, 0.25) is 0 Å². The van der Waals surface area contributed by atoms with Gasteiger partial charge in [-0.25, -0.2) is 0 Å². The second kappa shape index (κ2) is 5.18. The third-order valence-corrected chi connectivity index (χ3v) is 3.39. The van der Waals surface area contributed by atoms with E-state index in [1.54, 1.807) is 0 Å². The van der Waals surface area contributed by atoms with Gasteiger partial charge in [-0.3, -0.25) is 9.10 Å². The molecule has 0 saturated carbocycles. The highest BCUT2D eigenvalue weighted by molar-refractivity contribution is 7.77. The van der Waals surface area contributed by atoms with Crippen LogP contribution in [0.15, 0.2) is 0 Å². The van der Waals surface area contributed by atoms with Crippen molar-refractivity contribution < 1.29 is 9.53 Å². The van der Waals surface area contributed by atoms with Gasteiger partial charge in [-0.2, -0.15) is 0 Å². The van der Waals surface area contributed by atoms with Crippen molar-refractivity contribution in [2.75, 3.05) is 32.8 Å². The molecule has 86 valence electrons. The second-order valence-electron chi connectivity index (χ2n) is 4.13. The molecule has 1 atom stereocenters. The van der Waals surface area contributed by atoms with Crippen molar-refractivity contribution in [1.82, 2.24) is 9.21 Å². The molecule has 2 aliphatic rings. The van der Waals surface area contributed by atoms with Crippen molar-refractivity contribution in [3.63, 3.8) is 0 Å². The molecule has 0 spiro atoms. The fourth-order valence-electron chi connectivity index (χ4n) is 2.10. The first-order chi connectivity index (χ1) is 7.27. The molecule has 1 unspecified atom stereocenters. The zero-order chi connectivity index (χ0) is 10.7. The van der Waals surface area contributed by atoms with Gasteiger partial charge < -0.3 is 9.64 Å². The molecule has 0 radical (unpaired) electrons. The lowest BCUT2D eigenvalue weighted by atomic mass is 10.2. The number of nitrogens with zero attached hydrogens (tertiary/aromatic N) is 2. The summed E-state index contributed by atoms with van der Waals surface area (Å²) in [6.07, 6.45) is 2.74. The van der Waals surface area contributed by atoms with Crippen LogP contribution in [-0.4, -0.2) is 54.0 Å². The summed E-state index contributed by atoms with van der Waals surface area (Å²) in [5.41, 5.74) is 0. The van der Waals surface area contributed by atoms with Crippen LogP contribution < -0.4 is 0 Å². The van der Waals surface area contributed by atoms with E-state index in [2.05, 4.69) is 12.8 Å². The standard InChI is InChI=1S/C10H18N2O2S/c13-10(9-3-1-8-14-9)11-4-2-5-12(15)7-6-11/h9,15H,1-8H2. The SMILES string of the molecule is O=C(C1CCCO1)N1CCCN(S)CC1. The zero-order valence-corrected chi connectivity index (χ0v) is 9.79. The summed E-state index contributed by atoms with van der Waals surface area (Å²) in [7, 11) is 0. The van der Waals surface area contributed by atoms with E-state index in [1.807, 2.05) is 9.21 Å². The molecule has 15 heavy (non-hydrogen) atoms. The van der Waals surface area contributed by atoms with Crippen LogP contribution in [0.5, 0.6) is 0 Å². The molecule has 2 aliphatic heterocycles. The van der Waals surface area contributed by atoms with Crippen LogP contribution in [-0.2, 0) is 9.53 Å². The van der Waals surface area contributed by atoms with E-state index >= 15 is 0 Å². The first kappa shape index (κ1) is 11.2. The van der Waals surface area contributed by atoms with Gasteiger partial charge in [0.2, 0.25) is 0 Å². The van der Waals surface area contributed by atoms with E-state index in [4.69, 9.17) is 4.74 Å². The lowest BCUT2D eigenvalue weighted by Gasteiger charge is -2.23. The summed E-state index contributed by atoms with van der Waals surface area (Å²) in [5.74, 6) is 0.177. The van der Waals surface area contributed by atoms with E-state index < -0.39 is 0 Å². The fourth-order valence-corrected chi connectivity index (χ4v) is 2.33.